The summed E-state index contributed by atoms with van der Waals surface area (Å²) < 4.78 is 0. The smallest absolute Gasteiger partial charge is 0.0671 e. The molecule has 56 valence electrons. The molecular weight excluding hydrogens is 146 g/mol. The summed E-state index contributed by atoms with van der Waals surface area (Å²) in [5.74, 6) is 0.796. The predicted molar refractivity (Wildman–Crippen MR) is 41.8 cm³/mol. The lowest BCUT2D eigenvalue weighted by Gasteiger charge is -2.25. The molecule has 0 aromatic carbocycles. The van der Waals surface area contributed by atoms with Crippen molar-refractivity contribution in [2.45, 2.75) is 31.6 Å². The van der Waals surface area contributed by atoms with Crippen molar-refractivity contribution in [1.82, 2.24) is 0 Å². The molecule has 1 aliphatic carbocycles. The maximum atomic E-state index is 8.64. The predicted octanol–water partition coefficient (Wildman–Crippen LogP) is 2.55. The zero-order chi connectivity index (χ0) is 7.56. The van der Waals surface area contributed by atoms with E-state index in [-0.39, 0.29) is 11.3 Å². The molecule has 1 fully saturated rings. The van der Waals surface area contributed by atoms with Crippen molar-refractivity contribution in [1.29, 1.82) is 5.26 Å². The molecular formula is C8H12ClN. The van der Waals surface area contributed by atoms with Crippen LogP contribution in [0.1, 0.15) is 26.2 Å². The van der Waals surface area contributed by atoms with E-state index in [1.54, 1.807) is 0 Å². The van der Waals surface area contributed by atoms with Gasteiger partial charge in [-0.2, -0.15) is 5.26 Å². The van der Waals surface area contributed by atoms with E-state index in [4.69, 9.17) is 16.9 Å². The number of nitriles is 1. The maximum Gasteiger partial charge on any atom is 0.0671 e. The van der Waals surface area contributed by atoms with Crippen LogP contribution in [-0.2, 0) is 0 Å². The summed E-state index contributed by atoms with van der Waals surface area (Å²) in [5, 5.41) is 8.76. The number of alkyl halides is 1. The highest BCUT2D eigenvalue weighted by Crippen LogP contribution is 2.31. The third-order valence-corrected chi connectivity index (χ3v) is 2.72. The normalized spacial score (nSPS) is 40.7. The Labute approximate surface area is 67.0 Å². The van der Waals surface area contributed by atoms with Gasteiger partial charge in [-0.05, 0) is 25.2 Å². The molecule has 0 heterocycles. The van der Waals surface area contributed by atoms with Crippen LogP contribution in [0.4, 0.5) is 0 Å². The van der Waals surface area contributed by atoms with Gasteiger partial charge in [0.05, 0.1) is 12.0 Å². The van der Waals surface area contributed by atoms with E-state index in [0.29, 0.717) is 5.92 Å². The second-order valence-corrected chi connectivity index (χ2v) is 3.73. The van der Waals surface area contributed by atoms with Crippen LogP contribution in [0.2, 0.25) is 0 Å². The largest absolute Gasteiger partial charge is 0.198 e. The third kappa shape index (κ3) is 1.64. The highest BCUT2D eigenvalue weighted by Gasteiger charge is 2.26. The fourth-order valence-electron chi connectivity index (χ4n) is 1.48. The van der Waals surface area contributed by atoms with Gasteiger partial charge in [-0.3, -0.25) is 0 Å². The van der Waals surface area contributed by atoms with Gasteiger partial charge < -0.3 is 0 Å². The van der Waals surface area contributed by atoms with Gasteiger partial charge in [0.15, 0.2) is 0 Å². The molecule has 3 unspecified atom stereocenters. The minimum absolute atomic E-state index is 0.102. The zero-order valence-electron chi connectivity index (χ0n) is 6.18. The van der Waals surface area contributed by atoms with Gasteiger partial charge in [0, 0.05) is 5.38 Å². The average Bonchev–Trinajstić information content (AvgIpc) is 1.94. The molecule has 2 heteroatoms. The fourth-order valence-corrected chi connectivity index (χ4v) is 1.76. The summed E-state index contributed by atoms with van der Waals surface area (Å²) in [5.41, 5.74) is 0. The lowest BCUT2D eigenvalue weighted by molar-refractivity contribution is 0.336. The molecule has 0 spiro atoms. The molecule has 10 heavy (non-hydrogen) atoms. The van der Waals surface area contributed by atoms with Gasteiger partial charge in [0.2, 0.25) is 0 Å². The molecule has 0 aromatic rings. The lowest BCUT2D eigenvalue weighted by atomic mass is 9.83. The highest BCUT2D eigenvalue weighted by atomic mass is 35.5. The molecule has 0 amide bonds. The van der Waals surface area contributed by atoms with Crippen molar-refractivity contribution in [3.8, 4) is 6.07 Å². The number of rotatable bonds is 0. The minimum atomic E-state index is 0.102. The molecule has 0 bridgehead atoms. The second-order valence-electron chi connectivity index (χ2n) is 3.17. The monoisotopic (exact) mass is 157 g/mol. The molecule has 1 nitrogen and oxygen atoms in total. The summed E-state index contributed by atoms with van der Waals surface area (Å²) >= 11 is 5.93. The SMILES string of the molecule is CC1CCC(Cl)C(C#N)C1. The first-order chi connectivity index (χ1) is 4.74. The Kier molecular flexibility index (Phi) is 2.56. The molecule has 0 aromatic heterocycles. The number of halogens is 1. The molecule has 0 radical (unpaired) electrons. The van der Waals surface area contributed by atoms with Crippen LogP contribution in [0.25, 0.3) is 0 Å². The van der Waals surface area contributed by atoms with E-state index in [0.717, 1.165) is 12.8 Å². The summed E-state index contributed by atoms with van der Waals surface area (Å²) in [7, 11) is 0. The Morgan fingerprint density at radius 2 is 2.20 bits per heavy atom. The van der Waals surface area contributed by atoms with Crippen molar-refractivity contribution in [2.75, 3.05) is 0 Å². The molecule has 0 N–H and O–H groups in total. The lowest BCUT2D eigenvalue weighted by Crippen LogP contribution is -2.22. The quantitative estimate of drug-likeness (QED) is 0.496. The van der Waals surface area contributed by atoms with E-state index in [1.807, 2.05) is 0 Å². The van der Waals surface area contributed by atoms with Crippen LogP contribution in [0.3, 0.4) is 0 Å². The van der Waals surface area contributed by atoms with Crippen molar-refractivity contribution >= 4 is 11.6 Å². The van der Waals surface area contributed by atoms with Gasteiger partial charge in [0.25, 0.3) is 0 Å². The molecule has 1 rings (SSSR count). The molecule has 3 atom stereocenters. The Bertz CT molecular complexity index is 150. The summed E-state index contributed by atoms with van der Waals surface area (Å²) in [4.78, 5) is 0. The van der Waals surface area contributed by atoms with Gasteiger partial charge in [0.1, 0.15) is 0 Å². The molecule has 1 saturated carbocycles. The van der Waals surface area contributed by atoms with Gasteiger partial charge in [-0.1, -0.05) is 6.92 Å². The van der Waals surface area contributed by atoms with E-state index in [9.17, 15) is 0 Å². The van der Waals surface area contributed by atoms with E-state index >= 15 is 0 Å². The zero-order valence-corrected chi connectivity index (χ0v) is 6.93. The van der Waals surface area contributed by atoms with Gasteiger partial charge in [-0.25, -0.2) is 0 Å². The van der Waals surface area contributed by atoms with Gasteiger partial charge in [-0.15, -0.1) is 11.6 Å². The molecule has 0 aliphatic heterocycles. The first-order valence-corrected chi connectivity index (χ1v) is 4.21. The van der Waals surface area contributed by atoms with Crippen molar-refractivity contribution in [3.05, 3.63) is 0 Å². The highest BCUT2D eigenvalue weighted by molar-refractivity contribution is 6.21. The van der Waals surface area contributed by atoms with Crippen LogP contribution in [0, 0.1) is 23.2 Å². The standard InChI is InChI=1S/C8H12ClN/c1-6-2-3-8(9)7(4-6)5-10/h6-8H,2-4H2,1H3. The Balaban J connectivity index is 2.47. The fraction of sp³-hybridized carbons (Fsp3) is 0.875. The van der Waals surface area contributed by atoms with Gasteiger partial charge >= 0.3 is 0 Å². The molecule has 0 saturated heterocycles. The van der Waals surface area contributed by atoms with Crippen molar-refractivity contribution in [3.63, 3.8) is 0 Å². The Morgan fingerprint density at radius 1 is 1.50 bits per heavy atom. The van der Waals surface area contributed by atoms with Crippen LogP contribution in [-0.4, -0.2) is 5.38 Å². The summed E-state index contributed by atoms with van der Waals surface area (Å²) in [6.45, 7) is 2.19. The third-order valence-electron chi connectivity index (χ3n) is 2.19. The van der Waals surface area contributed by atoms with Crippen LogP contribution >= 0.6 is 11.6 Å². The van der Waals surface area contributed by atoms with E-state index in [2.05, 4.69) is 13.0 Å². The second kappa shape index (κ2) is 3.25. The number of hydrogen-bond acceptors (Lipinski definition) is 1. The van der Waals surface area contributed by atoms with Crippen LogP contribution < -0.4 is 0 Å². The van der Waals surface area contributed by atoms with Crippen molar-refractivity contribution in [2.24, 2.45) is 11.8 Å². The average molecular weight is 158 g/mol. The Hall–Kier alpha value is -0.220. The maximum absolute atomic E-state index is 8.64. The summed E-state index contributed by atoms with van der Waals surface area (Å²) in [6, 6.07) is 2.25. The minimum Gasteiger partial charge on any atom is -0.198 e. The van der Waals surface area contributed by atoms with E-state index in [1.165, 1.54) is 6.42 Å². The topological polar surface area (TPSA) is 23.8 Å². The van der Waals surface area contributed by atoms with E-state index < -0.39 is 0 Å². The van der Waals surface area contributed by atoms with Crippen molar-refractivity contribution < 1.29 is 0 Å². The number of hydrogen-bond donors (Lipinski definition) is 0. The molecule has 1 aliphatic rings. The number of nitrogens with zero attached hydrogens (tertiary/aromatic N) is 1. The Morgan fingerprint density at radius 3 is 2.70 bits per heavy atom. The first kappa shape index (κ1) is 7.88. The summed E-state index contributed by atoms with van der Waals surface area (Å²) in [6.07, 6.45) is 3.19. The first-order valence-electron chi connectivity index (χ1n) is 3.77. The van der Waals surface area contributed by atoms with Crippen LogP contribution in [0.15, 0.2) is 0 Å². The van der Waals surface area contributed by atoms with Crippen LogP contribution in [0.5, 0.6) is 0 Å².